The van der Waals surface area contributed by atoms with Crippen molar-refractivity contribution in [1.82, 2.24) is 0 Å². The third-order valence-corrected chi connectivity index (χ3v) is 2.64. The Kier molecular flexibility index (Phi) is 3.95. The Hall–Kier alpha value is -0.840. The second-order valence-corrected chi connectivity index (χ2v) is 3.59. The zero-order chi connectivity index (χ0) is 9.68. The molecular weight excluding hydrogens is 174 g/mol. The highest BCUT2D eigenvalue weighted by molar-refractivity contribution is 4.71. The van der Waals surface area contributed by atoms with E-state index in [1.807, 2.05) is 0 Å². The zero-order valence-corrected chi connectivity index (χ0v) is 7.52. The number of aliphatic hydroxyl groups is 1. The molecule has 5 heteroatoms. The van der Waals surface area contributed by atoms with E-state index in [1.165, 1.54) is 0 Å². The number of aliphatic hydroxyl groups excluding tert-OH is 1. The fraction of sp³-hybridized carbons (Fsp3) is 1.00. The van der Waals surface area contributed by atoms with Crippen molar-refractivity contribution in [2.24, 2.45) is 11.8 Å². The van der Waals surface area contributed by atoms with Crippen LogP contribution < -0.4 is 0 Å². The monoisotopic (exact) mass is 189 g/mol. The van der Waals surface area contributed by atoms with Crippen LogP contribution in [0, 0.1) is 22.0 Å². The molecule has 0 aromatic carbocycles. The molecule has 0 aliphatic heterocycles. The molecule has 0 aromatic heterocycles. The molecule has 0 unspecified atom stereocenters. The highest BCUT2D eigenvalue weighted by atomic mass is 16.9. The topological polar surface area (TPSA) is 72.6 Å². The van der Waals surface area contributed by atoms with E-state index in [0.29, 0.717) is 11.8 Å². The van der Waals surface area contributed by atoms with Crippen LogP contribution >= 0.6 is 0 Å². The van der Waals surface area contributed by atoms with Crippen LogP contribution in [0.15, 0.2) is 0 Å². The lowest BCUT2D eigenvalue weighted by atomic mass is 9.83. The maximum Gasteiger partial charge on any atom is 0.294 e. The van der Waals surface area contributed by atoms with E-state index in [0.717, 1.165) is 25.7 Å². The molecule has 76 valence electrons. The average molecular weight is 189 g/mol. The number of rotatable bonds is 4. The highest BCUT2D eigenvalue weighted by Crippen LogP contribution is 2.28. The van der Waals surface area contributed by atoms with Gasteiger partial charge in [-0.3, -0.25) is 0 Å². The van der Waals surface area contributed by atoms with E-state index in [4.69, 9.17) is 5.11 Å². The molecule has 0 amide bonds. The van der Waals surface area contributed by atoms with Crippen molar-refractivity contribution in [2.45, 2.75) is 25.7 Å². The van der Waals surface area contributed by atoms with Gasteiger partial charge in [-0.2, -0.15) is 0 Å². The quantitative estimate of drug-likeness (QED) is 0.528. The largest absolute Gasteiger partial charge is 0.396 e. The van der Waals surface area contributed by atoms with Crippen molar-refractivity contribution < 1.29 is 15.0 Å². The van der Waals surface area contributed by atoms with Gasteiger partial charge in [0.05, 0.1) is 6.61 Å². The predicted octanol–water partition coefficient (Wildman–Crippen LogP) is 0.993. The lowest BCUT2D eigenvalue weighted by molar-refractivity contribution is -0.759. The molecule has 5 nitrogen and oxygen atoms in total. The standard InChI is InChI=1S/C8H15NO4/c10-5-7-1-3-8(4-2-7)6-13-9(11)12/h7-8,10H,1-6H2. The summed E-state index contributed by atoms with van der Waals surface area (Å²) in [4.78, 5) is 14.2. The summed E-state index contributed by atoms with van der Waals surface area (Å²) in [7, 11) is 0. The summed E-state index contributed by atoms with van der Waals surface area (Å²) in [6.07, 6.45) is 3.78. The molecule has 1 rings (SSSR count). The average Bonchev–Trinajstić information content (AvgIpc) is 2.15. The van der Waals surface area contributed by atoms with Gasteiger partial charge in [-0.25, -0.2) is 0 Å². The van der Waals surface area contributed by atoms with Gasteiger partial charge in [0.2, 0.25) is 0 Å². The lowest BCUT2D eigenvalue weighted by Crippen LogP contribution is -2.21. The SMILES string of the molecule is O=[N+]([O-])OCC1CCC(CO)CC1. The van der Waals surface area contributed by atoms with Crippen molar-refractivity contribution in [3.8, 4) is 0 Å². The maximum atomic E-state index is 9.91. The Labute approximate surface area is 76.8 Å². The minimum atomic E-state index is -0.738. The van der Waals surface area contributed by atoms with Crippen molar-refractivity contribution in [1.29, 1.82) is 0 Å². The van der Waals surface area contributed by atoms with E-state index in [2.05, 4.69) is 4.84 Å². The van der Waals surface area contributed by atoms with Crippen molar-refractivity contribution in [3.63, 3.8) is 0 Å². The van der Waals surface area contributed by atoms with Gasteiger partial charge < -0.3 is 9.94 Å². The van der Waals surface area contributed by atoms with Crippen LogP contribution in [0.1, 0.15) is 25.7 Å². The van der Waals surface area contributed by atoms with E-state index >= 15 is 0 Å². The van der Waals surface area contributed by atoms with E-state index in [9.17, 15) is 10.1 Å². The first-order valence-electron chi connectivity index (χ1n) is 4.60. The fourth-order valence-corrected chi connectivity index (χ4v) is 1.75. The van der Waals surface area contributed by atoms with Crippen molar-refractivity contribution in [2.75, 3.05) is 13.2 Å². The van der Waals surface area contributed by atoms with Crippen molar-refractivity contribution in [3.05, 3.63) is 10.1 Å². The second kappa shape index (κ2) is 5.01. The van der Waals surface area contributed by atoms with Crippen LogP contribution in [-0.2, 0) is 4.84 Å². The number of nitrogens with zero attached hydrogens (tertiary/aromatic N) is 1. The molecule has 1 fully saturated rings. The Balaban J connectivity index is 2.14. The van der Waals surface area contributed by atoms with Crippen LogP contribution in [0.3, 0.4) is 0 Å². The van der Waals surface area contributed by atoms with Gasteiger partial charge >= 0.3 is 0 Å². The normalized spacial score (nSPS) is 28.4. The van der Waals surface area contributed by atoms with Gasteiger partial charge in [0.15, 0.2) is 0 Å². The summed E-state index contributed by atoms with van der Waals surface area (Å²) in [6.45, 7) is 0.452. The molecule has 1 saturated carbocycles. The van der Waals surface area contributed by atoms with Crippen LogP contribution in [-0.4, -0.2) is 23.4 Å². The highest BCUT2D eigenvalue weighted by Gasteiger charge is 2.21. The lowest BCUT2D eigenvalue weighted by Gasteiger charge is -2.26. The first-order valence-corrected chi connectivity index (χ1v) is 4.60. The molecule has 0 aromatic rings. The molecule has 0 bridgehead atoms. The van der Waals surface area contributed by atoms with Gasteiger partial charge in [0.25, 0.3) is 5.09 Å². The number of hydrogen-bond acceptors (Lipinski definition) is 4. The van der Waals surface area contributed by atoms with Gasteiger partial charge in [-0.05, 0) is 37.5 Å². The van der Waals surface area contributed by atoms with Crippen molar-refractivity contribution >= 4 is 0 Å². The Bertz CT molecular complexity index is 166. The van der Waals surface area contributed by atoms with Gasteiger partial charge in [-0.1, -0.05) is 0 Å². The minimum absolute atomic E-state index is 0.213. The Morgan fingerprint density at radius 3 is 2.31 bits per heavy atom. The van der Waals surface area contributed by atoms with Crippen LogP contribution in [0.5, 0.6) is 0 Å². The first-order chi connectivity index (χ1) is 6.22. The summed E-state index contributed by atoms with van der Waals surface area (Å²) in [5, 5.41) is 18.0. The molecule has 0 radical (unpaired) electrons. The molecule has 1 aliphatic rings. The van der Waals surface area contributed by atoms with Gasteiger partial charge in [-0.15, -0.1) is 10.1 Å². The fourth-order valence-electron chi connectivity index (χ4n) is 1.75. The summed E-state index contributed by atoms with van der Waals surface area (Å²) in [6, 6.07) is 0. The molecule has 1 aliphatic carbocycles. The Morgan fingerprint density at radius 1 is 1.31 bits per heavy atom. The molecule has 0 saturated heterocycles. The zero-order valence-electron chi connectivity index (χ0n) is 7.52. The van der Waals surface area contributed by atoms with Crippen LogP contribution in [0.4, 0.5) is 0 Å². The summed E-state index contributed by atoms with van der Waals surface area (Å²) < 4.78 is 0. The van der Waals surface area contributed by atoms with E-state index in [1.54, 1.807) is 0 Å². The smallest absolute Gasteiger partial charge is 0.294 e. The van der Waals surface area contributed by atoms with Gasteiger partial charge in [0.1, 0.15) is 0 Å². The first kappa shape index (κ1) is 10.2. The Morgan fingerprint density at radius 2 is 1.85 bits per heavy atom. The summed E-state index contributed by atoms with van der Waals surface area (Å²) >= 11 is 0. The van der Waals surface area contributed by atoms with E-state index in [-0.39, 0.29) is 13.2 Å². The predicted molar refractivity (Wildman–Crippen MR) is 45.5 cm³/mol. The third kappa shape index (κ3) is 3.59. The van der Waals surface area contributed by atoms with E-state index < -0.39 is 5.09 Å². The molecule has 1 N–H and O–H groups in total. The van der Waals surface area contributed by atoms with Crippen LogP contribution in [0.25, 0.3) is 0 Å². The molecule has 13 heavy (non-hydrogen) atoms. The molecule has 0 spiro atoms. The number of hydrogen-bond donors (Lipinski definition) is 1. The second-order valence-electron chi connectivity index (χ2n) is 3.59. The van der Waals surface area contributed by atoms with Crippen LogP contribution in [0.2, 0.25) is 0 Å². The minimum Gasteiger partial charge on any atom is -0.396 e. The third-order valence-electron chi connectivity index (χ3n) is 2.64. The summed E-state index contributed by atoms with van der Waals surface area (Å²) in [5.74, 6) is 0.694. The maximum absolute atomic E-state index is 9.91. The molecule has 0 heterocycles. The molecule has 0 atom stereocenters. The summed E-state index contributed by atoms with van der Waals surface area (Å²) in [5.41, 5.74) is 0. The van der Waals surface area contributed by atoms with Gasteiger partial charge in [0, 0.05) is 6.61 Å². The molecular formula is C8H15NO4.